The second kappa shape index (κ2) is 7.74. The summed E-state index contributed by atoms with van der Waals surface area (Å²) in [6, 6.07) is 5.31. The van der Waals surface area contributed by atoms with Gasteiger partial charge in [-0.1, -0.05) is 11.6 Å². The Hall–Kier alpha value is -1.69. The maximum absolute atomic E-state index is 12.3. The van der Waals surface area contributed by atoms with Crippen molar-refractivity contribution in [2.75, 3.05) is 16.2 Å². The van der Waals surface area contributed by atoms with E-state index < -0.39 is 19.9 Å². The first-order chi connectivity index (χ1) is 12.6. The first kappa shape index (κ1) is 20.1. The third-order valence-corrected chi connectivity index (χ3v) is 8.15. The molecule has 0 bridgehead atoms. The van der Waals surface area contributed by atoms with Crippen LogP contribution in [0.1, 0.15) is 12.1 Å². The van der Waals surface area contributed by atoms with Crippen LogP contribution in [0.15, 0.2) is 34.5 Å². The van der Waals surface area contributed by atoms with Crippen LogP contribution in [0, 0.1) is 0 Å². The summed E-state index contributed by atoms with van der Waals surface area (Å²) in [6.45, 7) is 0. The van der Waals surface area contributed by atoms with Crippen LogP contribution < -0.4 is 10.0 Å². The molecule has 1 aliphatic rings. The van der Waals surface area contributed by atoms with Gasteiger partial charge in [-0.05, 0) is 30.7 Å². The summed E-state index contributed by atoms with van der Waals surface area (Å²) in [5, 5.41) is 4.80. The highest BCUT2D eigenvalue weighted by Gasteiger charge is 2.29. The minimum Gasteiger partial charge on any atom is -0.352 e. The van der Waals surface area contributed by atoms with E-state index in [2.05, 4.69) is 15.0 Å². The zero-order chi connectivity index (χ0) is 19.7. The zero-order valence-electron chi connectivity index (χ0n) is 13.9. The second-order valence-electron chi connectivity index (χ2n) is 6.05. The summed E-state index contributed by atoms with van der Waals surface area (Å²) in [7, 11) is -6.88. The lowest BCUT2D eigenvalue weighted by molar-refractivity contribution is -0.121. The van der Waals surface area contributed by atoms with Gasteiger partial charge in [-0.15, -0.1) is 11.3 Å². The highest BCUT2D eigenvalue weighted by atomic mass is 35.5. The molecule has 0 unspecified atom stereocenters. The summed E-state index contributed by atoms with van der Waals surface area (Å²) >= 11 is 6.81. The number of nitrogens with one attached hydrogen (secondary N) is 2. The molecule has 1 saturated heterocycles. The summed E-state index contributed by atoms with van der Waals surface area (Å²) in [6.07, 6.45) is 0.340. The topological polar surface area (TPSA) is 122 Å². The van der Waals surface area contributed by atoms with E-state index in [1.807, 2.05) is 0 Å². The number of sulfonamides is 1. The van der Waals surface area contributed by atoms with Gasteiger partial charge >= 0.3 is 0 Å². The van der Waals surface area contributed by atoms with Crippen molar-refractivity contribution in [2.45, 2.75) is 23.8 Å². The van der Waals surface area contributed by atoms with E-state index in [-0.39, 0.29) is 39.9 Å². The van der Waals surface area contributed by atoms with Crippen LogP contribution in [0.25, 0.3) is 0 Å². The van der Waals surface area contributed by atoms with Gasteiger partial charge in [0.1, 0.15) is 0 Å². The van der Waals surface area contributed by atoms with Crippen molar-refractivity contribution in [3.8, 4) is 0 Å². The number of rotatable bonds is 6. The Morgan fingerprint density at radius 3 is 2.63 bits per heavy atom. The van der Waals surface area contributed by atoms with Crippen LogP contribution in [0.2, 0.25) is 5.02 Å². The summed E-state index contributed by atoms with van der Waals surface area (Å²) in [4.78, 5) is 16.2. The van der Waals surface area contributed by atoms with Gasteiger partial charge in [0, 0.05) is 16.4 Å². The predicted molar refractivity (Wildman–Crippen MR) is 103 cm³/mol. The van der Waals surface area contributed by atoms with Crippen molar-refractivity contribution in [3.63, 3.8) is 0 Å². The number of halogens is 1. The van der Waals surface area contributed by atoms with E-state index in [1.54, 1.807) is 5.38 Å². The average Bonchev–Trinajstić information content (AvgIpc) is 3.13. The molecule has 1 aromatic heterocycles. The number of aromatic nitrogens is 1. The van der Waals surface area contributed by atoms with Gasteiger partial charge in [0.25, 0.3) is 10.0 Å². The summed E-state index contributed by atoms with van der Waals surface area (Å²) in [5.41, 5.74) is 0.396. The van der Waals surface area contributed by atoms with Crippen molar-refractivity contribution in [1.82, 2.24) is 10.3 Å². The molecule has 2 aromatic rings. The fourth-order valence-electron chi connectivity index (χ4n) is 2.57. The van der Waals surface area contributed by atoms with Crippen molar-refractivity contribution in [3.05, 3.63) is 40.4 Å². The molecule has 8 nitrogen and oxygen atoms in total. The van der Waals surface area contributed by atoms with Crippen LogP contribution in [-0.2, 0) is 31.1 Å². The number of carbonyl (C=O) groups is 1. The van der Waals surface area contributed by atoms with Gasteiger partial charge in [-0.25, -0.2) is 21.8 Å². The standard InChI is InChI=1S/C15H16ClN3O5S3/c16-10-1-3-13(4-2-10)27(23,24)19-15-18-12(8-25-15)7-14(20)17-11-5-6-26(21,22)9-11/h1-4,8,11H,5-7,9H2,(H,17,20)(H,18,19)/t11-/m1/s1. The van der Waals surface area contributed by atoms with Gasteiger partial charge in [0.2, 0.25) is 5.91 Å². The van der Waals surface area contributed by atoms with E-state index in [0.717, 1.165) is 11.3 Å². The third-order valence-electron chi connectivity index (χ3n) is 3.84. The molecule has 27 heavy (non-hydrogen) atoms. The van der Waals surface area contributed by atoms with Crippen LogP contribution in [0.5, 0.6) is 0 Å². The summed E-state index contributed by atoms with van der Waals surface area (Å²) in [5.74, 6) is -0.331. The fraction of sp³-hybridized carbons (Fsp3) is 0.333. The molecule has 0 spiro atoms. The molecule has 1 atom stereocenters. The minimum atomic E-state index is -3.80. The minimum absolute atomic E-state index is 0.0452. The first-order valence-corrected chi connectivity index (χ1v) is 12.4. The smallest absolute Gasteiger partial charge is 0.263 e. The molecule has 2 heterocycles. The first-order valence-electron chi connectivity index (χ1n) is 7.85. The number of carbonyl (C=O) groups excluding carboxylic acids is 1. The lowest BCUT2D eigenvalue weighted by Crippen LogP contribution is -2.36. The van der Waals surface area contributed by atoms with Crippen molar-refractivity contribution < 1.29 is 21.6 Å². The van der Waals surface area contributed by atoms with Crippen molar-refractivity contribution in [2.24, 2.45) is 0 Å². The lowest BCUT2D eigenvalue weighted by Gasteiger charge is -2.09. The largest absolute Gasteiger partial charge is 0.352 e. The number of hydrogen-bond donors (Lipinski definition) is 2. The third kappa shape index (κ3) is 5.41. The SMILES string of the molecule is O=C(Cc1csc(NS(=O)(=O)c2ccc(Cl)cc2)n1)N[C@@H]1CCS(=O)(=O)C1. The quantitative estimate of drug-likeness (QED) is 0.688. The molecule has 146 valence electrons. The van der Waals surface area contributed by atoms with E-state index in [9.17, 15) is 21.6 Å². The fourth-order valence-corrected chi connectivity index (χ4v) is 6.34. The van der Waals surface area contributed by atoms with Crippen LogP contribution in [0.4, 0.5) is 5.13 Å². The number of benzene rings is 1. The Kier molecular flexibility index (Phi) is 5.75. The van der Waals surface area contributed by atoms with Crippen LogP contribution >= 0.6 is 22.9 Å². The molecule has 0 radical (unpaired) electrons. The molecule has 12 heteroatoms. The lowest BCUT2D eigenvalue weighted by atomic mass is 10.2. The Morgan fingerprint density at radius 1 is 1.30 bits per heavy atom. The van der Waals surface area contributed by atoms with E-state index in [0.29, 0.717) is 17.1 Å². The number of amides is 1. The molecule has 0 aliphatic carbocycles. The highest BCUT2D eigenvalue weighted by Crippen LogP contribution is 2.21. The molecule has 1 fully saturated rings. The normalized spacial score (nSPS) is 18.9. The van der Waals surface area contributed by atoms with E-state index in [1.165, 1.54) is 24.3 Å². The average molecular weight is 450 g/mol. The molecule has 3 rings (SSSR count). The zero-order valence-corrected chi connectivity index (χ0v) is 17.1. The van der Waals surface area contributed by atoms with Gasteiger partial charge < -0.3 is 5.32 Å². The number of sulfone groups is 1. The monoisotopic (exact) mass is 449 g/mol. The highest BCUT2D eigenvalue weighted by molar-refractivity contribution is 7.93. The van der Waals surface area contributed by atoms with Crippen molar-refractivity contribution >= 4 is 53.8 Å². The molecular formula is C15H16ClN3O5S3. The van der Waals surface area contributed by atoms with Crippen LogP contribution in [-0.4, -0.2) is 45.3 Å². The number of nitrogens with zero attached hydrogens (tertiary/aromatic N) is 1. The molecule has 1 amide bonds. The second-order valence-corrected chi connectivity index (χ2v) is 11.3. The van der Waals surface area contributed by atoms with Gasteiger partial charge in [0.05, 0.1) is 28.5 Å². The Balaban J connectivity index is 1.59. The van der Waals surface area contributed by atoms with Crippen LogP contribution in [0.3, 0.4) is 0 Å². The van der Waals surface area contributed by atoms with E-state index in [4.69, 9.17) is 11.6 Å². The Morgan fingerprint density at radius 2 is 2.00 bits per heavy atom. The van der Waals surface area contributed by atoms with Gasteiger partial charge in [-0.2, -0.15) is 0 Å². The number of hydrogen-bond acceptors (Lipinski definition) is 7. The maximum atomic E-state index is 12.3. The Bertz CT molecular complexity index is 1050. The predicted octanol–water partition coefficient (Wildman–Crippen LogP) is 1.44. The van der Waals surface area contributed by atoms with Crippen molar-refractivity contribution in [1.29, 1.82) is 0 Å². The number of anilines is 1. The van der Waals surface area contributed by atoms with Gasteiger partial charge in [0.15, 0.2) is 15.0 Å². The Labute approximate surface area is 165 Å². The van der Waals surface area contributed by atoms with E-state index >= 15 is 0 Å². The molecular weight excluding hydrogens is 434 g/mol. The molecule has 1 aliphatic heterocycles. The van der Waals surface area contributed by atoms with Gasteiger partial charge in [-0.3, -0.25) is 9.52 Å². The summed E-state index contributed by atoms with van der Waals surface area (Å²) < 4.78 is 49.8. The molecule has 0 saturated carbocycles. The number of thiazole rings is 1. The molecule has 2 N–H and O–H groups in total. The molecule has 1 aromatic carbocycles. The maximum Gasteiger partial charge on any atom is 0.263 e.